The second kappa shape index (κ2) is 15.7. The molecule has 0 fully saturated rings. The lowest BCUT2D eigenvalue weighted by Crippen LogP contribution is -2.49. The minimum absolute atomic E-state index is 0.0127. The molecule has 14 heteroatoms. The third kappa shape index (κ3) is 7.69. The van der Waals surface area contributed by atoms with Crippen LogP contribution in [0.1, 0.15) is 26.3 Å². The van der Waals surface area contributed by atoms with Gasteiger partial charge in [-0.25, -0.2) is 19.2 Å². The molecule has 0 spiro atoms. The highest BCUT2D eigenvalue weighted by Crippen LogP contribution is 2.53. The largest absolute Gasteiger partial charge is 0.478 e. The topological polar surface area (TPSA) is 184 Å². The van der Waals surface area contributed by atoms with Crippen molar-refractivity contribution in [3.63, 3.8) is 0 Å². The van der Waals surface area contributed by atoms with Gasteiger partial charge in [-0.05, 0) is 24.5 Å². The average molecular weight is 629 g/mol. The molecule has 1 aromatic rings. The number of carboxylic acid groups (broad SMARTS) is 2. The summed E-state index contributed by atoms with van der Waals surface area (Å²) >= 11 is 13.0. The highest BCUT2D eigenvalue weighted by Gasteiger charge is 2.57. The molecule has 0 amide bonds. The van der Waals surface area contributed by atoms with E-state index in [0.717, 1.165) is 7.11 Å². The Morgan fingerprint density at radius 3 is 2.29 bits per heavy atom. The number of esters is 2. The number of carbonyl (C=O) groups excluding carboxylic acids is 2. The maximum absolute atomic E-state index is 14.0. The normalized spacial score (nSPS) is 17.3. The molecule has 12 nitrogen and oxygen atoms in total. The van der Waals surface area contributed by atoms with E-state index in [1.807, 2.05) is 0 Å². The summed E-state index contributed by atoms with van der Waals surface area (Å²) in [6, 6.07) is 4.16. The van der Waals surface area contributed by atoms with Crippen molar-refractivity contribution < 1.29 is 48.3 Å². The van der Waals surface area contributed by atoms with Gasteiger partial charge in [0.05, 0.1) is 78.0 Å². The second-order valence-corrected chi connectivity index (χ2v) is 10.3. The number of allylic oxidation sites excluding steroid dienone is 1. The molecule has 5 N–H and O–H groups in total. The molecule has 1 atom stereocenters. The van der Waals surface area contributed by atoms with Crippen LogP contribution in [0.5, 0.6) is 0 Å². The predicted octanol–water partition coefficient (Wildman–Crippen LogP) is 2.82. The Bertz CT molecular complexity index is 1310. The number of methoxy groups -OCH3 is 1. The monoisotopic (exact) mass is 628 g/mol. The summed E-state index contributed by atoms with van der Waals surface area (Å²) in [5.41, 5.74) is 1.02. The molecule has 0 radical (unpaired) electrons. The van der Waals surface area contributed by atoms with E-state index in [-0.39, 0.29) is 59.3 Å². The molecule has 1 aromatic carbocycles. The van der Waals surface area contributed by atoms with E-state index in [1.165, 1.54) is 25.1 Å². The lowest BCUT2D eigenvalue weighted by Gasteiger charge is -2.43. The van der Waals surface area contributed by atoms with Gasteiger partial charge in [0.25, 0.3) is 0 Å². The van der Waals surface area contributed by atoms with Crippen LogP contribution >= 0.6 is 23.2 Å². The molecule has 1 aliphatic rings. The summed E-state index contributed by atoms with van der Waals surface area (Å²) < 4.78 is 21.6. The summed E-state index contributed by atoms with van der Waals surface area (Å²) in [5, 5.41) is 22.9. The van der Waals surface area contributed by atoms with Crippen molar-refractivity contribution in [2.45, 2.75) is 26.2 Å². The number of carboxylic acids is 2. The summed E-state index contributed by atoms with van der Waals surface area (Å²) in [6.07, 6.45) is 0.385. The maximum Gasteiger partial charge on any atom is 0.337 e. The fourth-order valence-electron chi connectivity index (χ4n) is 4.50. The van der Waals surface area contributed by atoms with Crippen LogP contribution in [0, 0.1) is 5.92 Å². The van der Waals surface area contributed by atoms with Crippen molar-refractivity contribution in [2.75, 3.05) is 46.7 Å². The van der Waals surface area contributed by atoms with E-state index in [1.54, 1.807) is 13.8 Å². The van der Waals surface area contributed by atoms with Crippen LogP contribution < -0.4 is 11.1 Å². The van der Waals surface area contributed by atoms with Crippen LogP contribution in [-0.2, 0) is 43.5 Å². The smallest absolute Gasteiger partial charge is 0.337 e. The molecule has 230 valence electrons. The zero-order chi connectivity index (χ0) is 31.6. The van der Waals surface area contributed by atoms with E-state index >= 15 is 0 Å². The zero-order valence-corrected chi connectivity index (χ0v) is 25.1. The van der Waals surface area contributed by atoms with E-state index in [4.69, 9.17) is 47.9 Å². The van der Waals surface area contributed by atoms with Gasteiger partial charge in [-0.1, -0.05) is 49.2 Å². The van der Waals surface area contributed by atoms with Crippen LogP contribution in [0.3, 0.4) is 0 Å². The van der Waals surface area contributed by atoms with Crippen molar-refractivity contribution in [3.8, 4) is 0 Å². The number of rotatable bonds is 15. The molecule has 0 aromatic heterocycles. The fraction of sp³-hybridized carbons (Fsp3) is 0.429. The average Bonchev–Trinajstić information content (AvgIpc) is 2.92. The number of halogens is 2. The molecule has 2 rings (SSSR count). The summed E-state index contributed by atoms with van der Waals surface area (Å²) in [5.74, 6) is -5.71. The first kappa shape index (κ1) is 34.8. The van der Waals surface area contributed by atoms with Crippen molar-refractivity contribution in [2.24, 2.45) is 11.7 Å². The molecular weight excluding hydrogens is 595 g/mol. The Balaban J connectivity index is 3.12. The Morgan fingerprint density at radius 2 is 1.71 bits per heavy atom. The first-order chi connectivity index (χ1) is 19.8. The number of hydrogen-bond donors (Lipinski definition) is 4. The molecule has 0 aliphatic carbocycles. The van der Waals surface area contributed by atoms with Crippen LogP contribution in [0.25, 0.3) is 0 Å². The van der Waals surface area contributed by atoms with Gasteiger partial charge < -0.3 is 40.2 Å². The Labute approximate surface area is 253 Å². The predicted molar refractivity (Wildman–Crippen MR) is 153 cm³/mol. The number of carbonyl (C=O) groups is 4. The van der Waals surface area contributed by atoms with Gasteiger partial charge in [-0.3, -0.25) is 0 Å². The minimum Gasteiger partial charge on any atom is -0.478 e. The first-order valence-electron chi connectivity index (χ1n) is 12.8. The van der Waals surface area contributed by atoms with E-state index < -0.39 is 46.0 Å². The summed E-state index contributed by atoms with van der Waals surface area (Å²) in [4.78, 5) is 52.5. The van der Waals surface area contributed by atoms with Crippen LogP contribution in [-0.4, -0.2) is 80.8 Å². The molecule has 0 bridgehead atoms. The fourth-order valence-corrected chi connectivity index (χ4v) is 4.94. The summed E-state index contributed by atoms with van der Waals surface area (Å²) in [6.45, 7) is 5.37. The van der Waals surface area contributed by atoms with Gasteiger partial charge in [0.2, 0.25) is 0 Å². The Kier molecular flexibility index (Phi) is 13.0. The van der Waals surface area contributed by atoms with Gasteiger partial charge in [-0.2, -0.15) is 0 Å². The van der Waals surface area contributed by atoms with Crippen LogP contribution in [0.2, 0.25) is 10.0 Å². The summed E-state index contributed by atoms with van der Waals surface area (Å²) in [7, 11) is 1.05. The quantitative estimate of drug-likeness (QED) is 0.127. The van der Waals surface area contributed by atoms with Crippen LogP contribution in [0.15, 0.2) is 52.4 Å². The van der Waals surface area contributed by atoms with Crippen molar-refractivity contribution in [1.82, 2.24) is 5.32 Å². The number of nitrogens with one attached hydrogen (secondary N) is 1. The Hall–Kier alpha value is -3.42. The number of benzene rings is 1. The second-order valence-electron chi connectivity index (χ2n) is 9.47. The molecule has 1 unspecified atom stereocenters. The number of hydrogen-bond acceptors (Lipinski definition) is 10. The third-order valence-corrected chi connectivity index (χ3v) is 6.86. The number of nitrogens with two attached hydrogens (primary N) is 1. The van der Waals surface area contributed by atoms with Gasteiger partial charge in [0, 0.05) is 18.3 Å². The Morgan fingerprint density at radius 1 is 1.05 bits per heavy atom. The van der Waals surface area contributed by atoms with E-state index in [0.29, 0.717) is 19.2 Å². The van der Waals surface area contributed by atoms with Crippen LogP contribution in [0.4, 0.5) is 0 Å². The van der Waals surface area contributed by atoms with Gasteiger partial charge in [0.15, 0.2) is 0 Å². The number of ether oxygens (including phenoxy) is 4. The van der Waals surface area contributed by atoms with Crippen molar-refractivity contribution in [1.29, 1.82) is 0 Å². The first-order valence-corrected chi connectivity index (χ1v) is 13.6. The van der Waals surface area contributed by atoms with Gasteiger partial charge >= 0.3 is 23.9 Å². The van der Waals surface area contributed by atoms with Gasteiger partial charge in [-0.15, -0.1) is 0 Å². The van der Waals surface area contributed by atoms with Gasteiger partial charge in [0.1, 0.15) is 0 Å². The molecule has 1 aliphatic heterocycles. The highest BCUT2D eigenvalue weighted by atomic mass is 35.5. The lowest BCUT2D eigenvalue weighted by atomic mass is 9.61. The lowest BCUT2D eigenvalue weighted by molar-refractivity contribution is -0.141. The highest BCUT2D eigenvalue weighted by molar-refractivity contribution is 6.42. The SMILES string of the molecule is COC(=O)C1=C(C)NC(COCCOCCN)=C(C(=O)OCC(C)C)C1(/C(=C/C(=O)O)C(=O)O)c1cccc(Cl)c1Cl. The zero-order valence-electron chi connectivity index (χ0n) is 23.6. The number of aliphatic carboxylic acids is 2. The molecule has 42 heavy (non-hydrogen) atoms. The van der Waals surface area contributed by atoms with Crippen molar-refractivity contribution in [3.05, 3.63) is 68.0 Å². The molecule has 0 saturated heterocycles. The maximum atomic E-state index is 14.0. The van der Waals surface area contributed by atoms with Crippen molar-refractivity contribution >= 4 is 47.1 Å². The molecular formula is C28H34Cl2N2O10. The molecule has 0 saturated carbocycles. The molecule has 1 heterocycles. The minimum atomic E-state index is -2.49. The van der Waals surface area contributed by atoms with E-state index in [9.17, 15) is 29.4 Å². The van der Waals surface area contributed by atoms with E-state index in [2.05, 4.69) is 5.32 Å². The standard InChI is InChI=1S/C28H34Cl2N2O10/c1-15(2)13-42-27(38)23-20(14-41-11-10-40-9-8-31)32-16(3)22(26(37)39-4)28(23,18(25(35)36)12-21(33)34)17-6-5-7-19(29)24(17)30/h5-7,12,15,32H,8-11,13-14,31H2,1-4H3,(H,33,34)(H,35,36)/b18-12+. The number of dihydropyridines is 1. The third-order valence-electron chi connectivity index (χ3n) is 6.04.